The van der Waals surface area contributed by atoms with Gasteiger partial charge in [-0.05, 0) is 67.0 Å². The normalized spacial score (nSPS) is 16.7. The lowest BCUT2D eigenvalue weighted by atomic mass is 9.76. The smallest absolute Gasteiger partial charge is 0.464 e. The van der Waals surface area contributed by atoms with Gasteiger partial charge in [0, 0.05) is 44.3 Å². The number of carbonyl (C=O) groups excluding carboxylic acids is 2. The van der Waals surface area contributed by atoms with Gasteiger partial charge in [-0.1, -0.05) is 36.4 Å². The van der Waals surface area contributed by atoms with E-state index in [4.69, 9.17) is 9.15 Å². The molecule has 3 heterocycles. The Hall–Kier alpha value is -3.95. The maximum absolute atomic E-state index is 13.3. The molecular formula is C32H37BN4O6. The summed E-state index contributed by atoms with van der Waals surface area (Å²) in [6.45, 7) is 4.96. The number of para-hydroxylation sites is 1. The standard InChI is InChI=1S/C32H37BN4O6/c1-2-37(27-10-13-42-14-11-27)32(39)24(18-34)15-22-7-8-23-9-12-36(19-25(23)16-22)20-31(38)35-30(33(40)41)17-26-21-43-29-6-4-3-5-28(26)29/h3-8,15-16,21,27,30,40-41H,2,9-14,17,19-20H2,1H3,(H,35,38). The summed E-state index contributed by atoms with van der Waals surface area (Å²) < 4.78 is 11.0. The van der Waals surface area contributed by atoms with Crippen molar-refractivity contribution < 1.29 is 28.8 Å². The van der Waals surface area contributed by atoms with Gasteiger partial charge in [0.25, 0.3) is 5.91 Å². The number of nitrogens with zero attached hydrogens (tertiary/aromatic N) is 3. The molecule has 0 spiro atoms. The monoisotopic (exact) mass is 584 g/mol. The van der Waals surface area contributed by atoms with Gasteiger partial charge in [0.2, 0.25) is 5.91 Å². The SMILES string of the molecule is CCN(C(=O)C(C#N)=Cc1ccc2c(c1)CN(CC(=O)NC(Cc1coc3ccccc13)B(O)O)CC2)C1CCOCC1. The van der Waals surface area contributed by atoms with Gasteiger partial charge in [-0.15, -0.1) is 0 Å². The van der Waals surface area contributed by atoms with Crippen molar-refractivity contribution in [1.29, 1.82) is 5.26 Å². The Morgan fingerprint density at radius 3 is 2.74 bits per heavy atom. The van der Waals surface area contributed by atoms with E-state index in [2.05, 4.69) is 11.4 Å². The first-order valence-electron chi connectivity index (χ1n) is 14.8. The molecule has 11 heteroatoms. The topological polar surface area (TPSA) is 139 Å². The molecule has 1 atom stereocenters. The van der Waals surface area contributed by atoms with Gasteiger partial charge < -0.3 is 29.4 Å². The van der Waals surface area contributed by atoms with Crippen LogP contribution in [0.2, 0.25) is 0 Å². The molecule has 0 saturated carbocycles. The summed E-state index contributed by atoms with van der Waals surface area (Å²) in [7, 11) is -1.74. The van der Waals surface area contributed by atoms with Crippen LogP contribution < -0.4 is 5.32 Å². The van der Waals surface area contributed by atoms with Gasteiger partial charge in [-0.25, -0.2) is 0 Å². The van der Waals surface area contributed by atoms with Crippen LogP contribution in [0.5, 0.6) is 0 Å². The van der Waals surface area contributed by atoms with E-state index in [1.165, 1.54) is 0 Å². The number of fused-ring (bicyclic) bond motifs is 2. The summed E-state index contributed by atoms with van der Waals surface area (Å²) in [5, 5.41) is 33.5. The van der Waals surface area contributed by atoms with E-state index in [1.807, 2.05) is 54.3 Å². The molecule has 1 saturated heterocycles. The van der Waals surface area contributed by atoms with E-state index >= 15 is 0 Å². The van der Waals surface area contributed by atoms with Crippen LogP contribution in [-0.2, 0) is 33.7 Å². The fourth-order valence-electron chi connectivity index (χ4n) is 6.00. The molecule has 5 rings (SSSR count). The van der Waals surface area contributed by atoms with Gasteiger partial charge in [0.05, 0.1) is 18.7 Å². The Kier molecular flexibility index (Phi) is 9.95. The highest BCUT2D eigenvalue weighted by Crippen LogP contribution is 2.24. The molecule has 3 N–H and O–H groups in total. The van der Waals surface area contributed by atoms with Crippen LogP contribution in [0.15, 0.2) is 58.7 Å². The molecule has 0 radical (unpaired) electrons. The van der Waals surface area contributed by atoms with Gasteiger partial charge in [0.1, 0.15) is 17.2 Å². The van der Waals surface area contributed by atoms with Crippen molar-refractivity contribution >= 4 is 36.0 Å². The van der Waals surface area contributed by atoms with Gasteiger partial charge in [-0.2, -0.15) is 5.26 Å². The number of benzene rings is 2. The second-order valence-electron chi connectivity index (χ2n) is 11.1. The molecule has 0 bridgehead atoms. The zero-order valence-electron chi connectivity index (χ0n) is 24.4. The maximum atomic E-state index is 13.3. The van der Waals surface area contributed by atoms with Crippen LogP contribution in [0.3, 0.4) is 0 Å². The summed E-state index contributed by atoms with van der Waals surface area (Å²) in [5.74, 6) is -1.47. The van der Waals surface area contributed by atoms with Crippen molar-refractivity contribution in [2.75, 3.05) is 32.8 Å². The minimum atomic E-state index is -1.74. The Morgan fingerprint density at radius 2 is 2.00 bits per heavy atom. The van der Waals surface area contributed by atoms with E-state index < -0.39 is 13.1 Å². The summed E-state index contributed by atoms with van der Waals surface area (Å²) >= 11 is 0. The third-order valence-electron chi connectivity index (χ3n) is 8.29. The number of hydrogen-bond acceptors (Lipinski definition) is 8. The molecule has 1 aromatic heterocycles. The fraction of sp³-hybridized carbons (Fsp3) is 0.406. The quantitative estimate of drug-likeness (QED) is 0.188. The Labute approximate surface area is 251 Å². The van der Waals surface area contributed by atoms with Crippen molar-refractivity contribution in [2.45, 2.75) is 51.1 Å². The highest BCUT2D eigenvalue weighted by atomic mass is 16.5. The van der Waals surface area contributed by atoms with Crippen LogP contribution in [0.25, 0.3) is 17.0 Å². The zero-order valence-corrected chi connectivity index (χ0v) is 24.4. The average Bonchev–Trinajstić information content (AvgIpc) is 3.42. The lowest BCUT2D eigenvalue weighted by molar-refractivity contribution is -0.130. The number of ether oxygens (including phenoxy) is 1. The molecule has 1 unspecified atom stereocenters. The highest BCUT2D eigenvalue weighted by Gasteiger charge is 2.29. The van der Waals surface area contributed by atoms with E-state index in [0.717, 1.165) is 46.9 Å². The van der Waals surface area contributed by atoms with Crippen LogP contribution in [-0.4, -0.2) is 83.6 Å². The molecule has 224 valence electrons. The third kappa shape index (κ3) is 7.35. The molecule has 1 fully saturated rings. The minimum absolute atomic E-state index is 0.0665. The first kappa shape index (κ1) is 30.5. The van der Waals surface area contributed by atoms with Crippen molar-refractivity contribution in [2.24, 2.45) is 0 Å². The van der Waals surface area contributed by atoms with Crippen molar-refractivity contribution in [3.63, 3.8) is 0 Å². The summed E-state index contributed by atoms with van der Waals surface area (Å²) in [5.41, 5.74) is 4.52. The molecular weight excluding hydrogens is 547 g/mol. The predicted octanol–water partition coefficient (Wildman–Crippen LogP) is 2.46. The van der Waals surface area contributed by atoms with Gasteiger partial charge in [0.15, 0.2) is 0 Å². The van der Waals surface area contributed by atoms with E-state index in [9.17, 15) is 24.9 Å². The highest BCUT2D eigenvalue weighted by molar-refractivity contribution is 6.43. The van der Waals surface area contributed by atoms with Crippen LogP contribution >= 0.6 is 0 Å². The summed E-state index contributed by atoms with van der Waals surface area (Å²) in [6.07, 6.45) is 5.70. The second kappa shape index (κ2) is 14.0. The zero-order chi connectivity index (χ0) is 30.3. The molecule has 2 aliphatic rings. The lowest BCUT2D eigenvalue weighted by Gasteiger charge is -2.33. The predicted molar refractivity (Wildman–Crippen MR) is 162 cm³/mol. The number of likely N-dealkylation sites (N-methyl/N-ethyl adjacent to an activating group) is 1. The molecule has 3 aromatic rings. The molecule has 2 aliphatic heterocycles. The number of hydrogen-bond donors (Lipinski definition) is 3. The Morgan fingerprint density at radius 1 is 1.21 bits per heavy atom. The van der Waals surface area contributed by atoms with Crippen LogP contribution in [0.1, 0.15) is 42.0 Å². The largest absolute Gasteiger partial charge is 0.475 e. The van der Waals surface area contributed by atoms with Crippen LogP contribution in [0, 0.1) is 11.3 Å². The lowest BCUT2D eigenvalue weighted by Crippen LogP contribution is -2.51. The molecule has 43 heavy (non-hydrogen) atoms. The van der Waals surface area contributed by atoms with E-state index in [0.29, 0.717) is 38.4 Å². The Balaban J connectivity index is 1.23. The first-order chi connectivity index (χ1) is 20.9. The first-order valence-corrected chi connectivity index (χ1v) is 14.8. The maximum Gasteiger partial charge on any atom is 0.475 e. The van der Waals surface area contributed by atoms with Crippen molar-refractivity contribution in [3.8, 4) is 6.07 Å². The van der Waals surface area contributed by atoms with E-state index in [1.54, 1.807) is 17.2 Å². The fourth-order valence-corrected chi connectivity index (χ4v) is 6.00. The number of nitrogens with one attached hydrogen (secondary N) is 1. The number of nitriles is 1. The summed E-state index contributed by atoms with van der Waals surface area (Å²) in [6, 6.07) is 15.5. The number of rotatable bonds is 10. The van der Waals surface area contributed by atoms with E-state index in [-0.39, 0.29) is 36.4 Å². The van der Waals surface area contributed by atoms with Crippen LogP contribution in [0.4, 0.5) is 0 Å². The molecule has 2 aromatic carbocycles. The van der Waals surface area contributed by atoms with Gasteiger partial charge in [-0.3, -0.25) is 14.5 Å². The third-order valence-corrected chi connectivity index (χ3v) is 8.29. The summed E-state index contributed by atoms with van der Waals surface area (Å²) in [4.78, 5) is 30.0. The molecule has 10 nitrogen and oxygen atoms in total. The molecule has 2 amide bonds. The average molecular weight is 584 g/mol. The minimum Gasteiger partial charge on any atom is -0.464 e. The Bertz CT molecular complexity index is 1520. The molecule has 0 aliphatic carbocycles. The second-order valence-corrected chi connectivity index (χ2v) is 11.1. The van der Waals surface area contributed by atoms with Crippen molar-refractivity contribution in [3.05, 3.63) is 76.6 Å². The number of furan rings is 1. The number of amides is 2. The van der Waals surface area contributed by atoms with Gasteiger partial charge >= 0.3 is 7.12 Å². The number of carbonyl (C=O) groups is 2. The van der Waals surface area contributed by atoms with Crippen molar-refractivity contribution in [1.82, 2.24) is 15.1 Å².